The molecule has 160 valence electrons. The summed E-state index contributed by atoms with van der Waals surface area (Å²) in [6.45, 7) is 0.448. The molecule has 2 aromatic carbocycles. The van der Waals surface area contributed by atoms with Crippen LogP contribution in [0.2, 0.25) is 5.02 Å². The largest absolute Gasteiger partial charge is 0.438 e. The van der Waals surface area contributed by atoms with Gasteiger partial charge in [0, 0.05) is 24.4 Å². The number of ether oxygens (including phenoxy) is 2. The van der Waals surface area contributed by atoms with Crippen molar-refractivity contribution in [3.63, 3.8) is 0 Å². The Balaban J connectivity index is 1.75. The zero-order valence-electron chi connectivity index (χ0n) is 16.4. The molecule has 0 unspecified atom stereocenters. The van der Waals surface area contributed by atoms with Gasteiger partial charge in [-0.15, -0.1) is 0 Å². The van der Waals surface area contributed by atoms with Crippen LogP contribution in [0.25, 0.3) is 0 Å². The lowest BCUT2D eigenvalue weighted by atomic mass is 10.3. The van der Waals surface area contributed by atoms with Gasteiger partial charge in [-0.25, -0.2) is 18.1 Å². The molecule has 0 saturated carbocycles. The number of rotatable bonds is 9. The van der Waals surface area contributed by atoms with Crippen molar-refractivity contribution in [2.45, 2.75) is 4.90 Å². The summed E-state index contributed by atoms with van der Waals surface area (Å²) in [4.78, 5) is 8.44. The van der Waals surface area contributed by atoms with Crippen LogP contribution in [-0.2, 0) is 14.8 Å². The summed E-state index contributed by atoms with van der Waals surface area (Å²) in [6, 6.07) is 14.6. The van der Waals surface area contributed by atoms with E-state index in [2.05, 4.69) is 20.0 Å². The maximum absolute atomic E-state index is 12.2. The second kappa shape index (κ2) is 10.2. The van der Waals surface area contributed by atoms with Crippen LogP contribution in [0.3, 0.4) is 0 Å². The van der Waals surface area contributed by atoms with E-state index in [1.165, 1.54) is 25.4 Å². The topological polar surface area (TPSA) is 126 Å². The number of nitriles is 1. The highest BCUT2D eigenvalue weighted by molar-refractivity contribution is 7.89. The summed E-state index contributed by atoms with van der Waals surface area (Å²) < 4.78 is 37.4. The minimum absolute atomic E-state index is 0.0730. The van der Waals surface area contributed by atoms with Gasteiger partial charge in [-0.05, 0) is 48.5 Å². The van der Waals surface area contributed by atoms with Crippen LogP contribution in [0.15, 0.2) is 59.6 Å². The fourth-order valence-corrected chi connectivity index (χ4v) is 3.54. The Morgan fingerprint density at radius 3 is 2.48 bits per heavy atom. The molecular formula is C20H18ClN5O4S. The van der Waals surface area contributed by atoms with Gasteiger partial charge in [0.25, 0.3) is 0 Å². The van der Waals surface area contributed by atoms with Gasteiger partial charge in [0.2, 0.25) is 21.9 Å². The molecule has 0 atom stereocenters. The summed E-state index contributed by atoms with van der Waals surface area (Å²) in [5.74, 6) is 0.710. The van der Waals surface area contributed by atoms with E-state index >= 15 is 0 Å². The Labute approximate surface area is 184 Å². The molecule has 0 aliphatic rings. The van der Waals surface area contributed by atoms with Crippen LogP contribution in [0.4, 0.5) is 11.6 Å². The number of nitrogens with zero attached hydrogens (tertiary/aromatic N) is 3. The average molecular weight is 460 g/mol. The van der Waals surface area contributed by atoms with Gasteiger partial charge in [-0.2, -0.15) is 10.2 Å². The molecule has 2 N–H and O–H groups in total. The lowest BCUT2D eigenvalue weighted by molar-refractivity contribution is 0.204. The van der Waals surface area contributed by atoms with Crippen molar-refractivity contribution in [3.05, 3.63) is 65.3 Å². The molecule has 3 rings (SSSR count). The number of hydrogen-bond acceptors (Lipinski definition) is 8. The highest BCUT2D eigenvalue weighted by atomic mass is 35.5. The van der Waals surface area contributed by atoms with Crippen LogP contribution >= 0.6 is 11.6 Å². The van der Waals surface area contributed by atoms with Crippen molar-refractivity contribution in [2.75, 3.05) is 25.6 Å². The molecule has 0 aliphatic heterocycles. The van der Waals surface area contributed by atoms with Gasteiger partial charge >= 0.3 is 0 Å². The first-order valence-corrected chi connectivity index (χ1v) is 10.8. The van der Waals surface area contributed by atoms with Crippen molar-refractivity contribution in [1.29, 1.82) is 5.26 Å². The number of nitrogens with one attached hydrogen (secondary N) is 2. The quantitative estimate of drug-likeness (QED) is 0.466. The second-order valence-corrected chi connectivity index (χ2v) is 8.32. The van der Waals surface area contributed by atoms with E-state index in [1.807, 2.05) is 6.07 Å². The number of anilines is 2. The number of benzene rings is 2. The highest BCUT2D eigenvalue weighted by Crippen LogP contribution is 2.26. The van der Waals surface area contributed by atoms with Crippen LogP contribution in [-0.4, -0.2) is 38.6 Å². The van der Waals surface area contributed by atoms with Crippen molar-refractivity contribution < 1.29 is 17.9 Å². The van der Waals surface area contributed by atoms with Gasteiger partial charge in [0.1, 0.15) is 17.4 Å². The van der Waals surface area contributed by atoms with Crippen molar-refractivity contribution in [2.24, 2.45) is 0 Å². The number of sulfonamides is 1. The van der Waals surface area contributed by atoms with Crippen LogP contribution < -0.4 is 14.8 Å². The van der Waals surface area contributed by atoms with Crippen LogP contribution in [0.5, 0.6) is 11.6 Å². The average Bonchev–Trinajstić information content (AvgIpc) is 2.76. The first kappa shape index (κ1) is 22.5. The normalized spacial score (nSPS) is 11.0. The Morgan fingerprint density at radius 1 is 1.13 bits per heavy atom. The lowest BCUT2D eigenvalue weighted by Crippen LogP contribution is -2.27. The van der Waals surface area contributed by atoms with E-state index in [4.69, 9.17) is 21.1 Å². The third-order valence-electron chi connectivity index (χ3n) is 3.92. The molecule has 1 aromatic heterocycles. The molecule has 0 fully saturated rings. The first-order chi connectivity index (χ1) is 14.9. The molecule has 31 heavy (non-hydrogen) atoms. The van der Waals surface area contributed by atoms with Crippen molar-refractivity contribution in [3.8, 4) is 17.7 Å². The third kappa shape index (κ3) is 6.13. The van der Waals surface area contributed by atoms with E-state index in [1.54, 1.807) is 36.4 Å². The van der Waals surface area contributed by atoms with E-state index in [0.29, 0.717) is 16.5 Å². The summed E-state index contributed by atoms with van der Waals surface area (Å²) in [6.07, 6.45) is 1.33. The van der Waals surface area contributed by atoms with Gasteiger partial charge < -0.3 is 14.8 Å². The predicted octanol–water partition coefficient (Wildman–Crippen LogP) is 3.46. The number of methoxy groups -OCH3 is 1. The lowest BCUT2D eigenvalue weighted by Gasteiger charge is -2.10. The minimum Gasteiger partial charge on any atom is -0.438 e. The zero-order chi connectivity index (χ0) is 22.3. The van der Waals surface area contributed by atoms with Gasteiger partial charge in [-0.3, -0.25) is 0 Å². The predicted molar refractivity (Wildman–Crippen MR) is 115 cm³/mol. The van der Waals surface area contributed by atoms with E-state index < -0.39 is 10.0 Å². The van der Waals surface area contributed by atoms with E-state index in [-0.39, 0.29) is 35.4 Å². The van der Waals surface area contributed by atoms with Gasteiger partial charge in [0.05, 0.1) is 17.7 Å². The maximum atomic E-state index is 12.2. The van der Waals surface area contributed by atoms with Gasteiger partial charge in [-0.1, -0.05) is 11.6 Å². The molecule has 0 bridgehead atoms. The molecule has 0 amide bonds. The number of hydrogen-bond donors (Lipinski definition) is 2. The molecule has 0 radical (unpaired) electrons. The highest BCUT2D eigenvalue weighted by Gasteiger charge is 2.14. The van der Waals surface area contributed by atoms with Crippen LogP contribution in [0.1, 0.15) is 5.56 Å². The third-order valence-corrected chi connectivity index (χ3v) is 5.65. The van der Waals surface area contributed by atoms with E-state index in [9.17, 15) is 13.7 Å². The summed E-state index contributed by atoms with van der Waals surface area (Å²) in [7, 11) is -2.14. The molecule has 3 aromatic rings. The second-order valence-electron chi connectivity index (χ2n) is 6.12. The Morgan fingerprint density at radius 2 is 1.84 bits per heavy atom. The first-order valence-electron chi connectivity index (χ1n) is 8.97. The Hall–Kier alpha value is -3.23. The number of halogens is 1. The molecule has 0 aliphatic carbocycles. The van der Waals surface area contributed by atoms with Gasteiger partial charge in [0.15, 0.2) is 0 Å². The monoisotopic (exact) mass is 459 g/mol. The smallest absolute Gasteiger partial charge is 0.242 e. The molecule has 9 nitrogen and oxygen atoms in total. The molecule has 0 spiro atoms. The number of aromatic nitrogens is 2. The fraction of sp³-hybridized carbons (Fsp3) is 0.150. The minimum atomic E-state index is -3.63. The Bertz CT molecular complexity index is 1180. The maximum Gasteiger partial charge on any atom is 0.242 e. The SMILES string of the molecule is COCCNS(=O)(=O)c1ccc(Nc2ncc(C#N)c(Oc3ccc(Cl)cc3)n2)cc1. The van der Waals surface area contributed by atoms with Crippen molar-refractivity contribution in [1.82, 2.24) is 14.7 Å². The van der Waals surface area contributed by atoms with Crippen molar-refractivity contribution >= 4 is 33.3 Å². The fourth-order valence-electron chi connectivity index (χ4n) is 2.40. The molecular weight excluding hydrogens is 442 g/mol. The van der Waals surface area contributed by atoms with E-state index in [0.717, 1.165) is 0 Å². The Kier molecular flexibility index (Phi) is 7.38. The standard InChI is InChI=1S/C20H18ClN5O4S/c1-29-11-10-24-31(27,28)18-8-4-16(5-9-18)25-20-23-13-14(12-22)19(26-20)30-17-6-2-15(21)3-7-17/h2-9,13,24H,10-11H2,1H3,(H,23,25,26). The summed E-state index contributed by atoms with van der Waals surface area (Å²) in [5, 5.41) is 12.8. The summed E-state index contributed by atoms with van der Waals surface area (Å²) >= 11 is 5.87. The zero-order valence-corrected chi connectivity index (χ0v) is 17.9. The molecule has 11 heteroatoms. The molecule has 0 saturated heterocycles. The molecule has 1 heterocycles. The van der Waals surface area contributed by atoms with Crippen LogP contribution in [0, 0.1) is 11.3 Å². The summed E-state index contributed by atoms with van der Waals surface area (Å²) in [5.41, 5.74) is 0.710.